The molecular formula is C17H19N4NaO4S. The predicted octanol–water partition coefficient (Wildman–Crippen LogP) is -4.09. The van der Waals surface area contributed by atoms with Gasteiger partial charge in [0, 0.05) is 17.4 Å². The van der Waals surface area contributed by atoms with Gasteiger partial charge in [-0.05, 0) is 13.8 Å². The third-order valence-electron chi connectivity index (χ3n) is 4.44. The van der Waals surface area contributed by atoms with E-state index in [1.807, 2.05) is 6.07 Å². The first-order chi connectivity index (χ1) is 12.3. The van der Waals surface area contributed by atoms with Crippen molar-refractivity contribution < 1.29 is 49.0 Å². The number of hydrazone groups is 1. The van der Waals surface area contributed by atoms with Crippen LogP contribution < -0.4 is 45.4 Å². The maximum Gasteiger partial charge on any atom is 1.00 e. The zero-order chi connectivity index (χ0) is 19.1. The van der Waals surface area contributed by atoms with E-state index in [0.29, 0.717) is 5.56 Å². The van der Waals surface area contributed by atoms with Gasteiger partial charge in [0.2, 0.25) is 5.91 Å². The van der Waals surface area contributed by atoms with Gasteiger partial charge in [-0.1, -0.05) is 30.3 Å². The summed E-state index contributed by atoms with van der Waals surface area (Å²) in [7, 11) is 1.58. The molecular weight excluding hydrogens is 379 g/mol. The number of carboxylic acids is 1. The Balaban J connectivity index is 0.00000261. The number of thioether (sulfide) groups is 1. The minimum Gasteiger partial charge on any atom is -0.548 e. The van der Waals surface area contributed by atoms with E-state index in [2.05, 4.69) is 15.8 Å². The van der Waals surface area contributed by atoms with Crippen molar-refractivity contribution in [2.24, 2.45) is 5.10 Å². The Morgan fingerprint density at radius 1 is 1.26 bits per heavy atom. The summed E-state index contributed by atoms with van der Waals surface area (Å²) in [6.45, 7) is 3.50. The number of carbonyl (C=O) groups is 3. The smallest absolute Gasteiger partial charge is 0.548 e. The fourth-order valence-electron chi connectivity index (χ4n) is 3.29. The van der Waals surface area contributed by atoms with Gasteiger partial charge in [0.25, 0.3) is 5.91 Å². The number of carboxylic acid groups (broad SMARTS) is 1. The number of amides is 2. The van der Waals surface area contributed by atoms with Gasteiger partial charge in [-0.15, -0.1) is 11.8 Å². The van der Waals surface area contributed by atoms with Crippen LogP contribution in [0.25, 0.3) is 0 Å². The van der Waals surface area contributed by atoms with Crippen LogP contribution in [0.15, 0.2) is 35.4 Å². The fourth-order valence-corrected chi connectivity index (χ4v) is 4.91. The molecule has 2 N–H and O–H groups in total. The van der Waals surface area contributed by atoms with Crippen molar-refractivity contribution in [2.45, 2.75) is 36.1 Å². The standard InChI is InChI=1S/C17H20N4O4S.Na/c1-17(2)12(16(24)25)21-14(23)11(15(21)26-17)19-13(22)10(20-18-3)9-7-5-4-6-8-9;/h4-8,11-12,15,18H,1-3H3,(H,19,22)(H,24,25);/q;+1/p-1/t11-,12+,15-;/m1./s1. The van der Waals surface area contributed by atoms with Gasteiger partial charge in [0.1, 0.15) is 11.4 Å². The third kappa shape index (κ3) is 3.87. The maximum atomic E-state index is 12.7. The van der Waals surface area contributed by atoms with Crippen LogP contribution in [0.2, 0.25) is 0 Å². The van der Waals surface area contributed by atoms with Gasteiger partial charge in [0.05, 0.1) is 12.0 Å². The zero-order valence-corrected chi connectivity index (χ0v) is 18.4. The number of nitrogens with zero attached hydrogens (tertiary/aromatic N) is 2. The number of aliphatic carboxylic acids is 1. The number of rotatable bonds is 5. The van der Waals surface area contributed by atoms with Crippen LogP contribution in [0.3, 0.4) is 0 Å². The molecule has 0 unspecified atom stereocenters. The van der Waals surface area contributed by atoms with Crippen LogP contribution in [-0.2, 0) is 14.4 Å². The van der Waals surface area contributed by atoms with E-state index >= 15 is 0 Å². The molecule has 0 bridgehead atoms. The van der Waals surface area contributed by atoms with Crippen LogP contribution in [0.4, 0.5) is 0 Å². The summed E-state index contributed by atoms with van der Waals surface area (Å²) in [5.74, 6) is -2.21. The number of fused-ring (bicyclic) bond motifs is 1. The molecule has 1 aromatic rings. The van der Waals surface area contributed by atoms with Crippen LogP contribution in [-0.4, -0.2) is 57.6 Å². The molecule has 2 saturated heterocycles. The van der Waals surface area contributed by atoms with E-state index in [1.54, 1.807) is 45.2 Å². The van der Waals surface area contributed by atoms with Gasteiger partial charge >= 0.3 is 29.6 Å². The Morgan fingerprint density at radius 3 is 2.44 bits per heavy atom. The summed E-state index contributed by atoms with van der Waals surface area (Å²) >= 11 is 1.34. The van der Waals surface area contributed by atoms with Crippen molar-refractivity contribution in [1.82, 2.24) is 15.6 Å². The Bertz CT molecular complexity index is 786. The van der Waals surface area contributed by atoms with Crippen molar-refractivity contribution in [2.75, 3.05) is 7.05 Å². The van der Waals surface area contributed by atoms with E-state index in [1.165, 1.54) is 16.7 Å². The second-order valence-electron chi connectivity index (χ2n) is 6.58. The Kier molecular flexibility index (Phi) is 6.62. The molecule has 3 rings (SSSR count). The van der Waals surface area contributed by atoms with Gasteiger partial charge in [0.15, 0.2) is 5.71 Å². The normalized spacial score (nSPS) is 25.7. The third-order valence-corrected chi connectivity index (χ3v) is 6.01. The molecule has 2 heterocycles. The molecule has 27 heavy (non-hydrogen) atoms. The number of β-lactam (4-membered cyclic amide) rings is 1. The Morgan fingerprint density at radius 2 is 1.89 bits per heavy atom. The van der Waals surface area contributed by atoms with Crippen LogP contribution in [0, 0.1) is 0 Å². The van der Waals surface area contributed by atoms with Crippen LogP contribution in [0.1, 0.15) is 19.4 Å². The average Bonchev–Trinajstić information content (AvgIpc) is 2.86. The van der Waals surface area contributed by atoms with E-state index < -0.39 is 40.0 Å². The molecule has 0 radical (unpaired) electrons. The fraction of sp³-hybridized carbons (Fsp3) is 0.412. The molecule has 2 amide bonds. The van der Waals surface area contributed by atoms with Crippen LogP contribution in [0.5, 0.6) is 0 Å². The van der Waals surface area contributed by atoms with Gasteiger partial charge < -0.3 is 25.5 Å². The first kappa shape index (κ1) is 21.7. The Labute approximate surface area is 183 Å². The molecule has 2 fully saturated rings. The summed E-state index contributed by atoms with van der Waals surface area (Å²) < 4.78 is -0.694. The van der Waals surface area contributed by atoms with E-state index in [9.17, 15) is 19.5 Å². The van der Waals surface area contributed by atoms with Crippen molar-refractivity contribution in [3.8, 4) is 0 Å². The summed E-state index contributed by atoms with van der Waals surface area (Å²) in [6, 6.07) is 7.06. The quantitative estimate of drug-likeness (QED) is 0.226. The number of nitrogens with one attached hydrogen (secondary N) is 2. The molecule has 10 heteroatoms. The van der Waals surface area contributed by atoms with E-state index in [4.69, 9.17) is 0 Å². The molecule has 8 nitrogen and oxygen atoms in total. The molecule has 0 saturated carbocycles. The Hall–Kier alpha value is -1.55. The van der Waals surface area contributed by atoms with E-state index in [0.717, 1.165) is 0 Å². The van der Waals surface area contributed by atoms with Crippen molar-refractivity contribution >= 4 is 35.3 Å². The van der Waals surface area contributed by atoms with Gasteiger partial charge in [-0.3, -0.25) is 9.59 Å². The molecule has 138 valence electrons. The summed E-state index contributed by atoms with van der Waals surface area (Å²) in [5.41, 5.74) is 3.35. The summed E-state index contributed by atoms with van der Waals surface area (Å²) in [6.07, 6.45) is 0. The molecule has 0 aliphatic carbocycles. The zero-order valence-electron chi connectivity index (χ0n) is 15.6. The monoisotopic (exact) mass is 398 g/mol. The minimum atomic E-state index is -1.29. The second kappa shape index (κ2) is 8.22. The number of hydrogen-bond acceptors (Lipinski definition) is 7. The first-order valence-electron chi connectivity index (χ1n) is 8.09. The van der Waals surface area contributed by atoms with Gasteiger partial charge in [-0.2, -0.15) is 5.10 Å². The number of benzene rings is 1. The number of carbonyl (C=O) groups excluding carboxylic acids is 3. The van der Waals surface area contributed by atoms with E-state index in [-0.39, 0.29) is 35.3 Å². The molecule has 0 aromatic heterocycles. The summed E-state index contributed by atoms with van der Waals surface area (Å²) in [5, 5.41) is 17.7. The predicted molar refractivity (Wildman–Crippen MR) is 95.1 cm³/mol. The second-order valence-corrected chi connectivity index (χ2v) is 8.35. The molecule has 0 spiro atoms. The SMILES string of the molecule is CNN=C(C(=O)N[C@@H]1C(=O)N2[C@@H]1SC(C)(C)[C@@H]2C(=O)[O-])c1ccccc1.[Na+]. The molecule has 2 aliphatic rings. The van der Waals surface area contributed by atoms with Crippen molar-refractivity contribution in [3.63, 3.8) is 0 Å². The minimum absolute atomic E-state index is 0. The number of hydrogen-bond donors (Lipinski definition) is 2. The van der Waals surface area contributed by atoms with Crippen molar-refractivity contribution in [1.29, 1.82) is 0 Å². The molecule has 2 aliphatic heterocycles. The molecule has 3 atom stereocenters. The molecule has 1 aromatic carbocycles. The van der Waals surface area contributed by atoms with Gasteiger partial charge in [-0.25, -0.2) is 0 Å². The topological polar surface area (TPSA) is 114 Å². The first-order valence-corrected chi connectivity index (χ1v) is 8.97. The maximum absolute atomic E-state index is 12.7. The largest absolute Gasteiger partial charge is 1.00 e. The summed E-state index contributed by atoms with van der Waals surface area (Å²) in [4.78, 5) is 37.8. The average molecular weight is 398 g/mol. The van der Waals surface area contributed by atoms with Crippen molar-refractivity contribution in [3.05, 3.63) is 35.9 Å². The van der Waals surface area contributed by atoms with Crippen LogP contribution >= 0.6 is 11.8 Å².